The maximum Gasteiger partial charge on any atom is 0.240 e. The van der Waals surface area contributed by atoms with E-state index < -0.39 is 28.2 Å². The van der Waals surface area contributed by atoms with Crippen molar-refractivity contribution in [1.82, 2.24) is 5.32 Å². The summed E-state index contributed by atoms with van der Waals surface area (Å²) in [6.45, 7) is 9.14. The lowest BCUT2D eigenvalue weighted by atomic mass is 10.1. The number of nitrogens with one attached hydrogen (secondary N) is 2. The van der Waals surface area contributed by atoms with Crippen molar-refractivity contribution in [1.29, 1.82) is 0 Å². The molecule has 7 nitrogen and oxygen atoms in total. The van der Waals surface area contributed by atoms with Gasteiger partial charge in [-0.3, -0.25) is 18.6 Å². The number of carbonyl (C=O) groups excluding carboxylic acids is 3. The number of rotatable bonds is 8. The summed E-state index contributed by atoms with van der Waals surface area (Å²) in [6.07, 6.45) is 0. The average molecular weight is 458 g/mol. The standard InChI is InChI=1S/C24H31N3O4S/c1-17-10-12-19(13-11-17)25-22(29)15-32(31)16-23(30)27(14-21(28)26-24(3,4)5)20-9-7-6-8-18(20)2/h6-13H,14-16H2,1-5H3,(H,25,29)(H,26,28). The van der Waals surface area contributed by atoms with Crippen molar-refractivity contribution < 1.29 is 18.6 Å². The SMILES string of the molecule is Cc1ccc(NC(=O)CS(=O)CC(=O)N(CC(=O)NC(C)(C)C)c2ccccc2C)cc1. The Bertz CT molecular complexity index is 997. The number of nitrogens with zero attached hydrogens (tertiary/aromatic N) is 1. The van der Waals surface area contributed by atoms with Crippen LogP contribution in [0.15, 0.2) is 48.5 Å². The summed E-state index contributed by atoms with van der Waals surface area (Å²) in [7, 11) is -1.73. The van der Waals surface area contributed by atoms with Crippen LogP contribution in [-0.4, -0.2) is 45.5 Å². The highest BCUT2D eigenvalue weighted by Crippen LogP contribution is 2.20. The van der Waals surface area contributed by atoms with Gasteiger partial charge < -0.3 is 15.5 Å². The molecule has 0 bridgehead atoms. The van der Waals surface area contributed by atoms with E-state index in [2.05, 4.69) is 10.6 Å². The van der Waals surface area contributed by atoms with Crippen molar-refractivity contribution >= 4 is 39.9 Å². The molecule has 0 aliphatic rings. The number of carbonyl (C=O) groups is 3. The minimum atomic E-state index is -1.73. The van der Waals surface area contributed by atoms with E-state index in [0.29, 0.717) is 11.4 Å². The molecule has 3 amide bonds. The Balaban J connectivity index is 2.07. The molecule has 0 heterocycles. The second-order valence-electron chi connectivity index (χ2n) is 8.71. The normalized spacial score (nSPS) is 12.0. The van der Waals surface area contributed by atoms with Gasteiger partial charge in [0, 0.05) is 27.7 Å². The number of hydrogen-bond acceptors (Lipinski definition) is 4. The van der Waals surface area contributed by atoms with E-state index in [-0.39, 0.29) is 24.0 Å². The number of benzene rings is 2. The molecule has 0 saturated carbocycles. The van der Waals surface area contributed by atoms with Gasteiger partial charge in [0.2, 0.25) is 17.7 Å². The number of anilines is 2. The summed E-state index contributed by atoms with van der Waals surface area (Å²) in [5.41, 5.74) is 2.59. The fourth-order valence-electron chi connectivity index (χ4n) is 3.02. The molecule has 8 heteroatoms. The Morgan fingerprint density at radius 3 is 2.12 bits per heavy atom. The number of aryl methyl sites for hydroxylation is 2. The Morgan fingerprint density at radius 2 is 1.53 bits per heavy atom. The van der Waals surface area contributed by atoms with Gasteiger partial charge in [0.1, 0.15) is 18.1 Å². The maximum atomic E-state index is 13.0. The predicted octanol–water partition coefficient (Wildman–Crippen LogP) is 2.94. The van der Waals surface area contributed by atoms with Gasteiger partial charge in [0.05, 0.1) is 0 Å². The van der Waals surface area contributed by atoms with Crippen molar-refractivity contribution in [3.63, 3.8) is 0 Å². The van der Waals surface area contributed by atoms with Gasteiger partial charge in [-0.2, -0.15) is 0 Å². The highest BCUT2D eigenvalue weighted by Gasteiger charge is 2.25. The molecular formula is C24H31N3O4S. The quantitative estimate of drug-likeness (QED) is 0.637. The van der Waals surface area contributed by atoms with Crippen LogP contribution in [0.3, 0.4) is 0 Å². The summed E-state index contributed by atoms with van der Waals surface area (Å²) >= 11 is 0. The van der Waals surface area contributed by atoms with Crippen molar-refractivity contribution in [3.05, 3.63) is 59.7 Å². The highest BCUT2D eigenvalue weighted by atomic mass is 32.2. The molecule has 32 heavy (non-hydrogen) atoms. The van der Waals surface area contributed by atoms with Crippen LogP contribution in [0.4, 0.5) is 11.4 Å². The fraction of sp³-hybridized carbons (Fsp3) is 0.375. The highest BCUT2D eigenvalue weighted by molar-refractivity contribution is 7.86. The van der Waals surface area contributed by atoms with Gasteiger partial charge in [-0.1, -0.05) is 35.9 Å². The minimum absolute atomic E-state index is 0.201. The Kier molecular flexibility index (Phi) is 8.72. The molecule has 0 radical (unpaired) electrons. The second-order valence-corrected chi connectivity index (χ2v) is 10.2. The lowest BCUT2D eigenvalue weighted by molar-refractivity contribution is -0.124. The number of hydrogen-bond donors (Lipinski definition) is 2. The van der Waals surface area contributed by atoms with E-state index in [1.807, 2.05) is 58.9 Å². The Morgan fingerprint density at radius 1 is 0.906 bits per heavy atom. The van der Waals surface area contributed by atoms with Crippen molar-refractivity contribution in [2.75, 3.05) is 28.3 Å². The van der Waals surface area contributed by atoms with Crippen LogP contribution in [0.1, 0.15) is 31.9 Å². The van der Waals surface area contributed by atoms with Gasteiger partial charge in [0.25, 0.3) is 0 Å². The molecule has 0 aromatic heterocycles. The molecule has 0 spiro atoms. The largest absolute Gasteiger partial charge is 0.350 e. The Hall–Kier alpha value is -3.00. The van der Waals surface area contributed by atoms with Crippen LogP contribution in [0, 0.1) is 13.8 Å². The van der Waals surface area contributed by atoms with E-state index in [4.69, 9.17) is 0 Å². The lowest BCUT2D eigenvalue weighted by Crippen LogP contribution is -2.48. The third-order valence-corrected chi connectivity index (χ3v) is 5.59. The van der Waals surface area contributed by atoms with Crippen LogP contribution in [0.5, 0.6) is 0 Å². The maximum absolute atomic E-state index is 13.0. The smallest absolute Gasteiger partial charge is 0.240 e. The van der Waals surface area contributed by atoms with Gasteiger partial charge in [0.15, 0.2) is 0 Å². The van der Waals surface area contributed by atoms with Crippen LogP contribution in [0.2, 0.25) is 0 Å². The van der Waals surface area contributed by atoms with Crippen LogP contribution in [-0.2, 0) is 25.2 Å². The molecule has 0 aliphatic heterocycles. The van der Waals surface area contributed by atoms with E-state index in [1.54, 1.807) is 24.3 Å². The third kappa shape index (κ3) is 8.26. The van der Waals surface area contributed by atoms with Gasteiger partial charge in [-0.05, 0) is 58.4 Å². The van der Waals surface area contributed by atoms with Crippen LogP contribution in [0.25, 0.3) is 0 Å². The summed E-state index contributed by atoms with van der Waals surface area (Å²) in [6, 6.07) is 14.4. The topological polar surface area (TPSA) is 95.6 Å². The molecule has 0 saturated heterocycles. The first kappa shape index (κ1) is 25.3. The summed E-state index contributed by atoms with van der Waals surface area (Å²) in [4.78, 5) is 39.1. The van der Waals surface area contributed by atoms with Crippen LogP contribution < -0.4 is 15.5 Å². The summed E-state index contributed by atoms with van der Waals surface area (Å²) < 4.78 is 12.5. The monoisotopic (exact) mass is 457 g/mol. The summed E-state index contributed by atoms with van der Waals surface area (Å²) in [5.74, 6) is -1.91. The predicted molar refractivity (Wildman–Crippen MR) is 129 cm³/mol. The molecule has 1 atom stereocenters. The van der Waals surface area contributed by atoms with Crippen LogP contribution >= 0.6 is 0 Å². The van der Waals surface area contributed by atoms with Gasteiger partial charge in [-0.25, -0.2) is 0 Å². The first-order chi connectivity index (χ1) is 14.9. The molecule has 1 unspecified atom stereocenters. The van der Waals surface area contributed by atoms with E-state index in [0.717, 1.165) is 11.1 Å². The molecule has 2 N–H and O–H groups in total. The molecular weight excluding hydrogens is 426 g/mol. The minimum Gasteiger partial charge on any atom is -0.350 e. The Labute approximate surface area is 192 Å². The first-order valence-corrected chi connectivity index (χ1v) is 11.8. The fourth-order valence-corrected chi connectivity index (χ4v) is 3.92. The zero-order valence-corrected chi connectivity index (χ0v) is 20.0. The van der Waals surface area contributed by atoms with E-state index in [1.165, 1.54) is 4.90 Å². The number of para-hydroxylation sites is 1. The molecule has 2 aromatic rings. The molecule has 2 rings (SSSR count). The van der Waals surface area contributed by atoms with Crippen molar-refractivity contribution in [2.24, 2.45) is 0 Å². The third-order valence-electron chi connectivity index (χ3n) is 4.44. The first-order valence-electron chi connectivity index (χ1n) is 10.3. The van der Waals surface area contributed by atoms with Crippen molar-refractivity contribution in [2.45, 2.75) is 40.2 Å². The van der Waals surface area contributed by atoms with Crippen molar-refractivity contribution in [3.8, 4) is 0 Å². The zero-order chi connectivity index (χ0) is 23.9. The number of amides is 3. The second kappa shape index (κ2) is 11.0. The zero-order valence-electron chi connectivity index (χ0n) is 19.2. The molecule has 0 fully saturated rings. The lowest BCUT2D eigenvalue weighted by Gasteiger charge is -2.27. The molecule has 172 valence electrons. The summed E-state index contributed by atoms with van der Waals surface area (Å²) in [5, 5.41) is 5.52. The van der Waals surface area contributed by atoms with E-state index in [9.17, 15) is 18.6 Å². The average Bonchev–Trinajstić information content (AvgIpc) is 2.67. The van der Waals surface area contributed by atoms with Gasteiger partial charge >= 0.3 is 0 Å². The van der Waals surface area contributed by atoms with E-state index >= 15 is 0 Å². The van der Waals surface area contributed by atoms with Gasteiger partial charge in [-0.15, -0.1) is 0 Å². The molecule has 0 aliphatic carbocycles. The molecule has 2 aromatic carbocycles.